The predicted octanol–water partition coefficient (Wildman–Crippen LogP) is 5.00. The maximum absolute atomic E-state index is 11.7. The molecule has 0 radical (unpaired) electrons. The molecule has 21 heavy (non-hydrogen) atoms. The van der Waals surface area contributed by atoms with Crippen LogP contribution in [-0.4, -0.2) is 11.1 Å². The highest BCUT2D eigenvalue weighted by Gasteiger charge is 2.36. The molecule has 0 aromatic heterocycles. The van der Waals surface area contributed by atoms with Crippen LogP contribution in [0.3, 0.4) is 0 Å². The molecule has 3 atom stereocenters. The van der Waals surface area contributed by atoms with Crippen LogP contribution in [0.25, 0.3) is 0 Å². The molecule has 0 bridgehead atoms. The first-order valence-corrected chi connectivity index (χ1v) is 8.24. The van der Waals surface area contributed by atoms with Gasteiger partial charge in [-0.1, -0.05) is 31.9 Å². The Kier molecular flexibility index (Phi) is 5.08. The number of carboxylic acid groups (broad SMARTS) is 1. The van der Waals surface area contributed by atoms with E-state index in [0.717, 1.165) is 19.3 Å². The van der Waals surface area contributed by atoms with E-state index in [9.17, 15) is 9.90 Å². The maximum Gasteiger partial charge on any atom is 0.307 e. The third-order valence-corrected chi connectivity index (χ3v) is 5.25. The van der Waals surface area contributed by atoms with E-state index in [4.69, 9.17) is 0 Å². The smallest absolute Gasteiger partial charge is 0.307 e. The molecule has 1 N–H and O–H groups in total. The van der Waals surface area contributed by atoms with Gasteiger partial charge in [-0.3, -0.25) is 4.79 Å². The molecular weight excluding hydrogens is 260 g/mol. The third kappa shape index (κ3) is 3.48. The third-order valence-electron chi connectivity index (χ3n) is 5.25. The van der Waals surface area contributed by atoms with Gasteiger partial charge in [-0.2, -0.15) is 0 Å². The number of hydrogen-bond acceptors (Lipinski definition) is 1. The molecule has 2 heteroatoms. The second-order valence-corrected chi connectivity index (χ2v) is 6.81. The minimum absolute atomic E-state index is 0.187. The molecule has 0 amide bonds. The zero-order valence-corrected chi connectivity index (χ0v) is 13.8. The van der Waals surface area contributed by atoms with Crippen LogP contribution in [0.15, 0.2) is 12.1 Å². The van der Waals surface area contributed by atoms with Gasteiger partial charge >= 0.3 is 5.97 Å². The number of benzene rings is 1. The first-order valence-electron chi connectivity index (χ1n) is 8.24. The summed E-state index contributed by atoms with van der Waals surface area (Å²) in [6, 6.07) is 4.45. The quantitative estimate of drug-likeness (QED) is 0.846. The Morgan fingerprint density at radius 3 is 2.43 bits per heavy atom. The van der Waals surface area contributed by atoms with E-state index in [1.54, 1.807) is 0 Å². The summed E-state index contributed by atoms with van der Waals surface area (Å²) in [6.45, 7) is 8.60. The van der Waals surface area contributed by atoms with Gasteiger partial charge in [-0.05, 0) is 74.1 Å². The van der Waals surface area contributed by atoms with Crippen molar-refractivity contribution in [3.8, 4) is 0 Å². The van der Waals surface area contributed by atoms with E-state index in [2.05, 4.69) is 39.8 Å². The summed E-state index contributed by atoms with van der Waals surface area (Å²) in [6.07, 6.45) is 5.37. The van der Waals surface area contributed by atoms with Gasteiger partial charge in [0.25, 0.3) is 0 Å². The van der Waals surface area contributed by atoms with Crippen molar-refractivity contribution in [2.75, 3.05) is 0 Å². The highest BCUT2D eigenvalue weighted by molar-refractivity contribution is 5.71. The highest BCUT2D eigenvalue weighted by atomic mass is 16.4. The van der Waals surface area contributed by atoms with Gasteiger partial charge in [-0.15, -0.1) is 0 Å². The average Bonchev–Trinajstić information content (AvgIpc) is 2.43. The van der Waals surface area contributed by atoms with Crippen LogP contribution < -0.4 is 0 Å². The van der Waals surface area contributed by atoms with E-state index in [0.29, 0.717) is 5.92 Å². The largest absolute Gasteiger partial charge is 0.481 e. The summed E-state index contributed by atoms with van der Waals surface area (Å²) >= 11 is 0. The lowest BCUT2D eigenvalue weighted by atomic mass is 9.69. The van der Waals surface area contributed by atoms with Crippen molar-refractivity contribution < 1.29 is 9.90 Å². The molecule has 116 valence electrons. The molecule has 1 aromatic carbocycles. The molecule has 1 fully saturated rings. The van der Waals surface area contributed by atoms with Crippen molar-refractivity contribution >= 4 is 5.97 Å². The van der Waals surface area contributed by atoms with Crippen molar-refractivity contribution in [2.45, 2.75) is 65.7 Å². The van der Waals surface area contributed by atoms with E-state index in [1.165, 1.54) is 35.1 Å². The summed E-state index contributed by atoms with van der Waals surface area (Å²) in [5, 5.41) is 9.60. The van der Waals surface area contributed by atoms with Gasteiger partial charge in [-0.25, -0.2) is 0 Å². The Morgan fingerprint density at radius 2 is 1.81 bits per heavy atom. The van der Waals surface area contributed by atoms with Crippen molar-refractivity contribution in [2.24, 2.45) is 11.8 Å². The summed E-state index contributed by atoms with van der Waals surface area (Å²) in [5.74, 6) is 0.0511. The first-order chi connectivity index (χ1) is 9.93. The SMILES string of the molecule is CCCC1CCC(C(=O)O)C(c2cc(C)c(C)cc2C)C1. The van der Waals surface area contributed by atoms with Crippen LogP contribution in [0.2, 0.25) is 0 Å². The van der Waals surface area contributed by atoms with Crippen molar-refractivity contribution in [1.82, 2.24) is 0 Å². The average molecular weight is 288 g/mol. The molecule has 1 aliphatic rings. The van der Waals surface area contributed by atoms with Crippen LogP contribution in [0.1, 0.15) is 67.2 Å². The Hall–Kier alpha value is -1.31. The molecule has 0 aliphatic heterocycles. The number of carboxylic acids is 1. The molecule has 1 saturated carbocycles. The van der Waals surface area contributed by atoms with Crippen LogP contribution in [0, 0.1) is 32.6 Å². The Balaban J connectivity index is 2.35. The molecule has 2 rings (SSSR count). The van der Waals surface area contributed by atoms with Gasteiger partial charge in [0.1, 0.15) is 0 Å². The fourth-order valence-electron chi connectivity index (χ4n) is 3.95. The number of carbonyl (C=O) groups is 1. The molecule has 3 unspecified atom stereocenters. The topological polar surface area (TPSA) is 37.3 Å². The minimum Gasteiger partial charge on any atom is -0.481 e. The predicted molar refractivity (Wildman–Crippen MR) is 86.8 cm³/mol. The Labute approximate surface area is 128 Å². The fraction of sp³-hybridized carbons (Fsp3) is 0.632. The number of aliphatic carboxylic acids is 1. The number of hydrogen-bond donors (Lipinski definition) is 1. The normalized spacial score (nSPS) is 25.8. The molecule has 1 aromatic rings. The van der Waals surface area contributed by atoms with Gasteiger partial charge in [0, 0.05) is 0 Å². The van der Waals surface area contributed by atoms with Gasteiger partial charge in [0.15, 0.2) is 0 Å². The van der Waals surface area contributed by atoms with E-state index in [1.807, 2.05) is 0 Å². The zero-order valence-electron chi connectivity index (χ0n) is 13.8. The van der Waals surface area contributed by atoms with Crippen molar-refractivity contribution in [3.05, 3.63) is 34.4 Å². The second kappa shape index (κ2) is 6.64. The molecule has 1 aliphatic carbocycles. The lowest BCUT2D eigenvalue weighted by Gasteiger charge is -2.35. The molecule has 0 spiro atoms. The second-order valence-electron chi connectivity index (χ2n) is 6.81. The van der Waals surface area contributed by atoms with Crippen molar-refractivity contribution in [3.63, 3.8) is 0 Å². The molecular formula is C19H28O2. The highest BCUT2D eigenvalue weighted by Crippen LogP contribution is 2.43. The first kappa shape index (κ1) is 16.1. The van der Waals surface area contributed by atoms with Crippen molar-refractivity contribution in [1.29, 1.82) is 0 Å². The summed E-state index contributed by atoms with van der Waals surface area (Å²) in [4.78, 5) is 11.7. The summed E-state index contributed by atoms with van der Waals surface area (Å²) in [7, 11) is 0. The fourth-order valence-corrected chi connectivity index (χ4v) is 3.95. The molecule has 0 heterocycles. The monoisotopic (exact) mass is 288 g/mol. The van der Waals surface area contributed by atoms with Crippen LogP contribution in [0.4, 0.5) is 0 Å². The van der Waals surface area contributed by atoms with E-state index in [-0.39, 0.29) is 11.8 Å². The zero-order chi connectivity index (χ0) is 15.6. The standard InChI is InChI=1S/C19H28O2/c1-5-6-15-7-8-16(19(20)21)18(11-15)17-10-13(3)12(2)9-14(17)4/h9-10,15-16,18H,5-8,11H2,1-4H3,(H,20,21). The lowest BCUT2D eigenvalue weighted by Crippen LogP contribution is -2.29. The number of rotatable bonds is 4. The van der Waals surface area contributed by atoms with Gasteiger partial charge < -0.3 is 5.11 Å². The van der Waals surface area contributed by atoms with Crippen LogP contribution in [0.5, 0.6) is 0 Å². The Morgan fingerprint density at radius 1 is 1.14 bits per heavy atom. The van der Waals surface area contributed by atoms with Crippen LogP contribution >= 0.6 is 0 Å². The van der Waals surface area contributed by atoms with E-state index < -0.39 is 5.97 Å². The summed E-state index contributed by atoms with van der Waals surface area (Å²) < 4.78 is 0. The van der Waals surface area contributed by atoms with Gasteiger partial charge in [0.2, 0.25) is 0 Å². The maximum atomic E-state index is 11.7. The molecule has 2 nitrogen and oxygen atoms in total. The summed E-state index contributed by atoms with van der Waals surface area (Å²) in [5.41, 5.74) is 5.10. The number of aryl methyl sites for hydroxylation is 3. The lowest BCUT2D eigenvalue weighted by molar-refractivity contribution is -0.143. The Bertz CT molecular complexity index is 519. The van der Waals surface area contributed by atoms with E-state index >= 15 is 0 Å². The van der Waals surface area contributed by atoms with Gasteiger partial charge in [0.05, 0.1) is 5.92 Å². The molecule has 0 saturated heterocycles. The minimum atomic E-state index is -0.618. The van der Waals surface area contributed by atoms with Crippen LogP contribution in [-0.2, 0) is 4.79 Å².